The van der Waals surface area contributed by atoms with Gasteiger partial charge in [-0.2, -0.15) is 0 Å². The van der Waals surface area contributed by atoms with Gasteiger partial charge < -0.3 is 9.47 Å². The topological polar surface area (TPSA) is 52.6 Å². The highest BCUT2D eigenvalue weighted by Crippen LogP contribution is 2.38. The standard InChI is InChI=1S/C20H20O4S/c1-23-14-7-4-12(5-8-14)16-11-18(25-3)19(20(22)24-2)15-9-6-13(21)10-17(15)16/h4-5,7-8,11H,6,9-10H2,1-3H3. The minimum atomic E-state index is -0.337. The highest BCUT2D eigenvalue weighted by molar-refractivity contribution is 7.98. The van der Waals surface area contributed by atoms with E-state index in [4.69, 9.17) is 9.47 Å². The van der Waals surface area contributed by atoms with E-state index in [0.717, 1.165) is 32.9 Å². The number of thioether (sulfide) groups is 1. The number of Topliss-reactive ketones (excluding diaryl/α,β-unsaturated/α-hetero) is 1. The van der Waals surface area contributed by atoms with Crippen LogP contribution in [0.1, 0.15) is 27.9 Å². The number of hydrogen-bond donors (Lipinski definition) is 0. The average molecular weight is 356 g/mol. The lowest BCUT2D eigenvalue weighted by Crippen LogP contribution is -2.19. The maximum absolute atomic E-state index is 12.3. The van der Waals surface area contributed by atoms with Crippen molar-refractivity contribution in [3.63, 3.8) is 0 Å². The summed E-state index contributed by atoms with van der Waals surface area (Å²) < 4.78 is 10.2. The summed E-state index contributed by atoms with van der Waals surface area (Å²) in [6, 6.07) is 9.76. The molecule has 0 amide bonds. The Morgan fingerprint density at radius 2 is 1.80 bits per heavy atom. The molecular weight excluding hydrogens is 336 g/mol. The smallest absolute Gasteiger partial charge is 0.339 e. The molecule has 25 heavy (non-hydrogen) atoms. The Bertz CT molecular complexity index is 825. The minimum absolute atomic E-state index is 0.204. The second-order valence-electron chi connectivity index (χ2n) is 5.89. The van der Waals surface area contributed by atoms with Crippen LogP contribution in [0, 0.1) is 0 Å². The lowest BCUT2D eigenvalue weighted by Gasteiger charge is -2.24. The molecule has 3 rings (SSSR count). The van der Waals surface area contributed by atoms with E-state index in [1.54, 1.807) is 7.11 Å². The van der Waals surface area contributed by atoms with Gasteiger partial charge in [0.1, 0.15) is 11.5 Å². The molecule has 1 aliphatic carbocycles. The zero-order valence-corrected chi connectivity index (χ0v) is 15.4. The van der Waals surface area contributed by atoms with E-state index in [2.05, 4.69) is 0 Å². The van der Waals surface area contributed by atoms with Gasteiger partial charge in [0.25, 0.3) is 0 Å². The highest BCUT2D eigenvalue weighted by Gasteiger charge is 2.28. The van der Waals surface area contributed by atoms with E-state index in [0.29, 0.717) is 24.8 Å². The fourth-order valence-corrected chi connectivity index (χ4v) is 3.94. The second-order valence-corrected chi connectivity index (χ2v) is 6.74. The summed E-state index contributed by atoms with van der Waals surface area (Å²) in [5, 5.41) is 0. The molecule has 5 heteroatoms. The molecular formula is C20H20O4S. The van der Waals surface area contributed by atoms with Gasteiger partial charge in [0.05, 0.1) is 19.8 Å². The molecule has 0 atom stereocenters. The molecule has 2 aromatic rings. The number of hydrogen-bond acceptors (Lipinski definition) is 5. The zero-order valence-electron chi connectivity index (χ0n) is 14.5. The zero-order chi connectivity index (χ0) is 18.0. The number of fused-ring (bicyclic) bond motifs is 1. The molecule has 130 valence electrons. The van der Waals surface area contributed by atoms with Crippen molar-refractivity contribution in [1.29, 1.82) is 0 Å². The van der Waals surface area contributed by atoms with Gasteiger partial charge in [-0.1, -0.05) is 12.1 Å². The monoisotopic (exact) mass is 356 g/mol. The molecule has 1 aliphatic rings. The van der Waals surface area contributed by atoms with Gasteiger partial charge in [-0.05, 0) is 53.1 Å². The third kappa shape index (κ3) is 3.29. The first-order valence-electron chi connectivity index (χ1n) is 8.06. The Morgan fingerprint density at radius 3 is 2.40 bits per heavy atom. The molecule has 0 unspecified atom stereocenters. The number of benzene rings is 2. The van der Waals surface area contributed by atoms with Gasteiger partial charge in [0.15, 0.2) is 0 Å². The normalized spacial score (nSPS) is 13.3. The van der Waals surface area contributed by atoms with Crippen LogP contribution in [0.25, 0.3) is 11.1 Å². The van der Waals surface area contributed by atoms with Crippen molar-refractivity contribution >= 4 is 23.5 Å². The lowest BCUT2D eigenvalue weighted by atomic mass is 9.82. The number of esters is 1. The van der Waals surface area contributed by atoms with Gasteiger partial charge >= 0.3 is 5.97 Å². The molecule has 0 aliphatic heterocycles. The summed E-state index contributed by atoms with van der Waals surface area (Å²) in [5.74, 6) is 0.649. The minimum Gasteiger partial charge on any atom is -0.497 e. The Kier molecular flexibility index (Phi) is 5.13. The Hall–Kier alpha value is -2.27. The Morgan fingerprint density at radius 1 is 1.08 bits per heavy atom. The van der Waals surface area contributed by atoms with E-state index >= 15 is 0 Å². The number of rotatable bonds is 4. The fourth-order valence-electron chi connectivity index (χ4n) is 3.30. The van der Waals surface area contributed by atoms with Crippen LogP contribution in [0.15, 0.2) is 35.2 Å². The summed E-state index contributed by atoms with van der Waals surface area (Å²) in [6.07, 6.45) is 3.35. The molecule has 0 fully saturated rings. The van der Waals surface area contributed by atoms with Crippen LogP contribution in [-0.4, -0.2) is 32.2 Å². The van der Waals surface area contributed by atoms with Crippen molar-refractivity contribution in [2.45, 2.75) is 24.2 Å². The summed E-state index contributed by atoms with van der Waals surface area (Å²) >= 11 is 1.52. The first-order valence-corrected chi connectivity index (χ1v) is 9.28. The van der Waals surface area contributed by atoms with Crippen molar-refractivity contribution in [2.24, 2.45) is 0 Å². The van der Waals surface area contributed by atoms with E-state index in [1.165, 1.54) is 18.9 Å². The predicted molar refractivity (Wildman–Crippen MR) is 98.6 cm³/mol. The van der Waals surface area contributed by atoms with Crippen molar-refractivity contribution in [3.8, 4) is 16.9 Å². The van der Waals surface area contributed by atoms with Crippen LogP contribution < -0.4 is 4.74 Å². The van der Waals surface area contributed by atoms with E-state index < -0.39 is 0 Å². The van der Waals surface area contributed by atoms with Crippen molar-refractivity contribution in [1.82, 2.24) is 0 Å². The molecule has 0 aromatic heterocycles. The molecule has 0 N–H and O–H groups in total. The molecule has 0 saturated heterocycles. The predicted octanol–water partition coefficient (Wildman–Crippen LogP) is 3.93. The molecule has 0 heterocycles. The number of ketones is 1. The van der Waals surface area contributed by atoms with Crippen LogP contribution in [0.5, 0.6) is 5.75 Å². The van der Waals surface area contributed by atoms with Crippen LogP contribution in [0.4, 0.5) is 0 Å². The fraction of sp³-hybridized carbons (Fsp3) is 0.300. The van der Waals surface area contributed by atoms with Gasteiger partial charge in [0.2, 0.25) is 0 Å². The maximum atomic E-state index is 12.3. The average Bonchev–Trinajstić information content (AvgIpc) is 2.66. The van der Waals surface area contributed by atoms with Gasteiger partial charge in [-0.3, -0.25) is 4.79 Å². The quantitative estimate of drug-likeness (QED) is 0.614. The molecule has 2 aromatic carbocycles. The molecule has 0 radical (unpaired) electrons. The molecule has 4 nitrogen and oxygen atoms in total. The third-order valence-corrected chi connectivity index (χ3v) is 5.31. The van der Waals surface area contributed by atoms with Gasteiger partial charge in [-0.15, -0.1) is 11.8 Å². The summed E-state index contributed by atoms with van der Waals surface area (Å²) in [6.45, 7) is 0. The number of carbonyl (C=O) groups is 2. The number of carbonyl (C=O) groups excluding carboxylic acids is 2. The molecule has 0 bridgehead atoms. The second kappa shape index (κ2) is 7.31. The van der Waals surface area contributed by atoms with E-state index in [1.807, 2.05) is 36.6 Å². The van der Waals surface area contributed by atoms with Crippen molar-refractivity contribution < 1.29 is 19.1 Å². The van der Waals surface area contributed by atoms with Gasteiger partial charge in [-0.25, -0.2) is 4.79 Å². The lowest BCUT2D eigenvalue weighted by molar-refractivity contribution is -0.118. The maximum Gasteiger partial charge on any atom is 0.339 e. The molecule has 0 saturated carbocycles. The first-order chi connectivity index (χ1) is 12.1. The summed E-state index contributed by atoms with van der Waals surface area (Å²) in [5.41, 5.74) is 4.51. The Labute approximate surface area is 151 Å². The van der Waals surface area contributed by atoms with Crippen LogP contribution in [0.2, 0.25) is 0 Å². The largest absolute Gasteiger partial charge is 0.497 e. The first kappa shape index (κ1) is 17.5. The highest BCUT2D eigenvalue weighted by atomic mass is 32.2. The third-order valence-electron chi connectivity index (χ3n) is 4.55. The SMILES string of the molecule is COC(=O)c1c(SC)cc(-c2ccc(OC)cc2)c2c1CCC(=O)C2. The van der Waals surface area contributed by atoms with Crippen molar-refractivity contribution in [2.75, 3.05) is 20.5 Å². The summed E-state index contributed by atoms with van der Waals surface area (Å²) in [4.78, 5) is 25.3. The van der Waals surface area contributed by atoms with Crippen LogP contribution in [-0.2, 0) is 22.4 Å². The number of ether oxygens (including phenoxy) is 2. The number of methoxy groups -OCH3 is 2. The Balaban J connectivity index is 2.24. The van der Waals surface area contributed by atoms with Gasteiger partial charge in [0, 0.05) is 17.7 Å². The van der Waals surface area contributed by atoms with Crippen LogP contribution in [0.3, 0.4) is 0 Å². The van der Waals surface area contributed by atoms with E-state index in [9.17, 15) is 9.59 Å². The molecule has 0 spiro atoms. The van der Waals surface area contributed by atoms with Crippen molar-refractivity contribution in [3.05, 3.63) is 47.0 Å². The van der Waals surface area contributed by atoms with E-state index in [-0.39, 0.29) is 11.8 Å². The van der Waals surface area contributed by atoms with Crippen LogP contribution >= 0.6 is 11.8 Å². The summed E-state index contributed by atoms with van der Waals surface area (Å²) in [7, 11) is 3.02.